The van der Waals surface area contributed by atoms with Crippen LogP contribution < -0.4 is 0 Å². The SMILES string of the molecule is CCCn1cc(-c2nc(SCC)n[nH]2)c2ccccc21. The molecule has 4 nitrogen and oxygen atoms in total. The number of aromatic amines is 1. The lowest BCUT2D eigenvalue weighted by molar-refractivity contribution is 0.704. The summed E-state index contributed by atoms with van der Waals surface area (Å²) in [6, 6.07) is 8.45. The maximum Gasteiger partial charge on any atom is 0.208 e. The summed E-state index contributed by atoms with van der Waals surface area (Å²) in [7, 11) is 0. The second-order valence-corrected chi connectivity index (χ2v) is 5.88. The van der Waals surface area contributed by atoms with Gasteiger partial charge in [0, 0.05) is 29.2 Å². The first-order valence-corrected chi connectivity index (χ1v) is 7.95. The van der Waals surface area contributed by atoms with Crippen molar-refractivity contribution in [3.05, 3.63) is 30.5 Å². The Kier molecular flexibility index (Phi) is 3.78. The highest BCUT2D eigenvalue weighted by atomic mass is 32.2. The zero-order chi connectivity index (χ0) is 13.9. The van der Waals surface area contributed by atoms with Crippen molar-refractivity contribution in [2.75, 3.05) is 5.75 Å². The molecule has 3 rings (SSSR count). The monoisotopic (exact) mass is 286 g/mol. The first kappa shape index (κ1) is 13.2. The van der Waals surface area contributed by atoms with E-state index >= 15 is 0 Å². The number of hydrogen-bond acceptors (Lipinski definition) is 3. The van der Waals surface area contributed by atoms with Crippen LogP contribution in [-0.2, 0) is 6.54 Å². The van der Waals surface area contributed by atoms with E-state index in [9.17, 15) is 0 Å². The Hall–Kier alpha value is -1.75. The van der Waals surface area contributed by atoms with Crippen molar-refractivity contribution in [3.63, 3.8) is 0 Å². The summed E-state index contributed by atoms with van der Waals surface area (Å²) in [6.45, 7) is 5.32. The van der Waals surface area contributed by atoms with Gasteiger partial charge in [-0.05, 0) is 18.2 Å². The number of aromatic nitrogens is 4. The van der Waals surface area contributed by atoms with E-state index in [2.05, 4.69) is 64.1 Å². The van der Waals surface area contributed by atoms with Gasteiger partial charge in [-0.25, -0.2) is 4.98 Å². The summed E-state index contributed by atoms with van der Waals surface area (Å²) in [5.41, 5.74) is 2.38. The smallest absolute Gasteiger partial charge is 0.208 e. The summed E-state index contributed by atoms with van der Waals surface area (Å²) in [5, 5.41) is 9.36. The van der Waals surface area contributed by atoms with Gasteiger partial charge in [-0.3, -0.25) is 5.10 Å². The van der Waals surface area contributed by atoms with Crippen molar-refractivity contribution in [1.29, 1.82) is 0 Å². The van der Waals surface area contributed by atoms with Crippen LogP contribution in [-0.4, -0.2) is 25.5 Å². The molecule has 0 saturated heterocycles. The number of aryl methyl sites for hydroxylation is 1. The minimum Gasteiger partial charge on any atom is -0.347 e. The van der Waals surface area contributed by atoms with E-state index in [1.807, 2.05) is 0 Å². The van der Waals surface area contributed by atoms with Crippen LogP contribution in [0, 0.1) is 0 Å². The molecular weight excluding hydrogens is 268 g/mol. The van der Waals surface area contributed by atoms with E-state index < -0.39 is 0 Å². The number of nitrogens with one attached hydrogen (secondary N) is 1. The number of para-hydroxylation sites is 1. The lowest BCUT2D eigenvalue weighted by Gasteiger charge is -2.00. The molecule has 0 fully saturated rings. The standard InChI is InChI=1S/C15H18N4S/c1-3-9-19-10-12(11-7-5-6-8-13(11)19)14-16-15(18-17-14)20-4-2/h5-8,10H,3-4,9H2,1-2H3,(H,16,17,18). The minimum absolute atomic E-state index is 0.815. The second kappa shape index (κ2) is 5.71. The van der Waals surface area contributed by atoms with Crippen LogP contribution in [0.1, 0.15) is 20.3 Å². The van der Waals surface area contributed by atoms with Gasteiger partial charge in [0.15, 0.2) is 5.82 Å². The molecule has 0 aliphatic carbocycles. The molecule has 0 aliphatic rings. The van der Waals surface area contributed by atoms with E-state index in [0.717, 1.165) is 35.3 Å². The van der Waals surface area contributed by atoms with E-state index in [1.165, 1.54) is 10.9 Å². The number of fused-ring (bicyclic) bond motifs is 1. The molecule has 104 valence electrons. The molecule has 5 heteroatoms. The van der Waals surface area contributed by atoms with Crippen molar-refractivity contribution in [1.82, 2.24) is 19.7 Å². The van der Waals surface area contributed by atoms with Crippen LogP contribution in [0.25, 0.3) is 22.3 Å². The number of rotatable bonds is 5. The molecule has 0 aliphatic heterocycles. The highest BCUT2D eigenvalue weighted by Crippen LogP contribution is 2.29. The normalized spacial score (nSPS) is 11.3. The average Bonchev–Trinajstić information content (AvgIpc) is 3.05. The van der Waals surface area contributed by atoms with Gasteiger partial charge in [-0.2, -0.15) is 0 Å². The summed E-state index contributed by atoms with van der Waals surface area (Å²) in [6.07, 6.45) is 3.29. The maximum absolute atomic E-state index is 4.58. The van der Waals surface area contributed by atoms with Gasteiger partial charge >= 0.3 is 0 Å². The predicted octanol–water partition coefficient (Wildman–Crippen LogP) is 3.95. The van der Waals surface area contributed by atoms with E-state index in [0.29, 0.717) is 0 Å². The molecule has 2 aromatic heterocycles. The Morgan fingerprint density at radius 1 is 1.25 bits per heavy atom. The number of H-pyrrole nitrogens is 1. The van der Waals surface area contributed by atoms with Crippen LogP contribution in [0.2, 0.25) is 0 Å². The van der Waals surface area contributed by atoms with Crippen molar-refractivity contribution in [2.24, 2.45) is 0 Å². The molecular formula is C15H18N4S. The third-order valence-corrected chi connectivity index (χ3v) is 3.98. The van der Waals surface area contributed by atoms with E-state index in [-0.39, 0.29) is 0 Å². The van der Waals surface area contributed by atoms with Gasteiger partial charge in [-0.15, -0.1) is 5.10 Å². The van der Waals surface area contributed by atoms with Crippen LogP contribution in [0.4, 0.5) is 0 Å². The third-order valence-electron chi connectivity index (χ3n) is 3.25. The molecule has 2 heterocycles. The van der Waals surface area contributed by atoms with E-state index in [1.54, 1.807) is 11.8 Å². The van der Waals surface area contributed by atoms with Gasteiger partial charge in [-0.1, -0.05) is 43.8 Å². The van der Waals surface area contributed by atoms with Crippen molar-refractivity contribution in [2.45, 2.75) is 32.0 Å². The molecule has 0 unspecified atom stereocenters. The fourth-order valence-electron chi connectivity index (χ4n) is 2.42. The van der Waals surface area contributed by atoms with Gasteiger partial charge in [0.1, 0.15) is 0 Å². The molecule has 0 saturated carbocycles. The molecule has 0 amide bonds. The Morgan fingerprint density at radius 3 is 2.90 bits per heavy atom. The van der Waals surface area contributed by atoms with Crippen LogP contribution in [0.5, 0.6) is 0 Å². The predicted molar refractivity (Wildman–Crippen MR) is 84.0 cm³/mol. The molecule has 0 spiro atoms. The Labute approximate surface area is 122 Å². The summed E-state index contributed by atoms with van der Waals surface area (Å²) >= 11 is 1.65. The van der Waals surface area contributed by atoms with Crippen LogP contribution in [0.3, 0.4) is 0 Å². The highest BCUT2D eigenvalue weighted by molar-refractivity contribution is 7.99. The first-order valence-electron chi connectivity index (χ1n) is 6.97. The minimum atomic E-state index is 0.815. The van der Waals surface area contributed by atoms with Crippen molar-refractivity contribution < 1.29 is 0 Å². The van der Waals surface area contributed by atoms with E-state index in [4.69, 9.17) is 0 Å². The Bertz CT molecular complexity index is 714. The lowest BCUT2D eigenvalue weighted by atomic mass is 10.2. The van der Waals surface area contributed by atoms with Gasteiger partial charge in [0.25, 0.3) is 0 Å². The van der Waals surface area contributed by atoms with Gasteiger partial charge in [0.05, 0.1) is 0 Å². The van der Waals surface area contributed by atoms with Gasteiger partial charge in [0.2, 0.25) is 5.16 Å². The van der Waals surface area contributed by atoms with Crippen molar-refractivity contribution in [3.8, 4) is 11.4 Å². The zero-order valence-corrected chi connectivity index (χ0v) is 12.6. The number of benzene rings is 1. The fourth-order valence-corrected chi connectivity index (χ4v) is 2.95. The third kappa shape index (κ3) is 2.33. The topological polar surface area (TPSA) is 46.5 Å². The lowest BCUT2D eigenvalue weighted by Crippen LogP contribution is -1.93. The summed E-state index contributed by atoms with van der Waals surface area (Å²) < 4.78 is 2.29. The molecule has 1 aromatic carbocycles. The van der Waals surface area contributed by atoms with Crippen LogP contribution in [0.15, 0.2) is 35.6 Å². The summed E-state index contributed by atoms with van der Waals surface area (Å²) in [5.74, 6) is 1.83. The van der Waals surface area contributed by atoms with Gasteiger partial charge < -0.3 is 4.57 Å². The molecule has 0 radical (unpaired) electrons. The maximum atomic E-state index is 4.58. The molecule has 3 aromatic rings. The summed E-state index contributed by atoms with van der Waals surface area (Å²) in [4.78, 5) is 4.58. The second-order valence-electron chi connectivity index (χ2n) is 4.65. The molecule has 0 bridgehead atoms. The fraction of sp³-hybridized carbons (Fsp3) is 0.333. The molecule has 0 atom stereocenters. The zero-order valence-electron chi connectivity index (χ0n) is 11.8. The average molecular weight is 286 g/mol. The highest BCUT2D eigenvalue weighted by Gasteiger charge is 2.13. The van der Waals surface area contributed by atoms with Crippen LogP contribution >= 0.6 is 11.8 Å². The Morgan fingerprint density at radius 2 is 2.10 bits per heavy atom. The Balaban J connectivity index is 2.10. The first-order chi connectivity index (χ1) is 9.83. The molecule has 20 heavy (non-hydrogen) atoms. The quantitative estimate of drug-likeness (QED) is 0.722. The number of hydrogen-bond donors (Lipinski definition) is 1. The number of thioether (sulfide) groups is 1. The molecule has 1 N–H and O–H groups in total. The number of nitrogens with zero attached hydrogens (tertiary/aromatic N) is 3. The van der Waals surface area contributed by atoms with Crippen molar-refractivity contribution >= 4 is 22.7 Å². The largest absolute Gasteiger partial charge is 0.347 e.